The Bertz CT molecular complexity index is 434. The molecule has 0 aliphatic heterocycles. The second-order valence-electron chi connectivity index (χ2n) is 3.61. The molecule has 0 fully saturated rings. The first kappa shape index (κ1) is 8.30. The smallest absolute Gasteiger partial charge is 0.123 e. The molecule has 2 rings (SSSR count). The number of nitrogens with one attached hydrogen (secondary N) is 1. The Kier molecular flexibility index (Phi) is 1.83. The van der Waals surface area contributed by atoms with Gasteiger partial charge in [-0.05, 0) is 30.2 Å². The summed E-state index contributed by atoms with van der Waals surface area (Å²) in [5, 5.41) is 0.948. The van der Waals surface area contributed by atoms with Crippen molar-refractivity contribution < 1.29 is 5.82 Å². The van der Waals surface area contributed by atoms with E-state index in [0.29, 0.717) is 5.92 Å². The maximum absolute atomic E-state index is 12.8. The highest BCUT2D eigenvalue weighted by Crippen LogP contribution is 2.21. The van der Waals surface area contributed by atoms with Crippen molar-refractivity contribution in [2.75, 3.05) is 0 Å². The molecule has 2 aromatic rings. The van der Waals surface area contributed by atoms with Gasteiger partial charge in [0.05, 0.1) is 0 Å². The fourth-order valence-electron chi connectivity index (χ4n) is 1.44. The Labute approximate surface area is 78.1 Å². The molecule has 0 saturated heterocycles. The molecule has 1 N–H and O–H groups in total. The van der Waals surface area contributed by atoms with Crippen LogP contribution in [0.3, 0.4) is 0 Å². The summed E-state index contributed by atoms with van der Waals surface area (Å²) in [6.07, 6.45) is 0. The fourth-order valence-corrected chi connectivity index (χ4v) is 1.44. The molecule has 1 heterocycles. The van der Waals surface area contributed by atoms with Crippen molar-refractivity contribution in [3.8, 4) is 0 Å². The van der Waals surface area contributed by atoms with Crippen molar-refractivity contribution in [3.05, 3.63) is 35.8 Å². The summed E-state index contributed by atoms with van der Waals surface area (Å²) in [5.41, 5.74) is 2.16. The molecule has 0 aliphatic rings. The summed E-state index contributed by atoms with van der Waals surface area (Å²) in [4.78, 5) is 3.26. The molecule has 0 bridgehead atoms. The summed E-state index contributed by atoms with van der Waals surface area (Å²) >= 11 is 0. The van der Waals surface area contributed by atoms with Gasteiger partial charge in [-0.2, -0.15) is 0 Å². The van der Waals surface area contributed by atoms with Gasteiger partial charge < -0.3 is 4.98 Å². The third kappa shape index (κ3) is 1.44. The van der Waals surface area contributed by atoms with E-state index in [1.165, 1.54) is 6.07 Å². The lowest BCUT2D eigenvalue weighted by Crippen LogP contribution is -1.84. The molecule has 13 heavy (non-hydrogen) atoms. The summed E-state index contributed by atoms with van der Waals surface area (Å²) in [6.45, 7) is 4.22. The summed E-state index contributed by atoms with van der Waals surface area (Å²) in [7, 11) is 0. The predicted molar refractivity (Wildman–Crippen MR) is 54.5 cm³/mol. The minimum absolute atomic E-state index is 0. The molecule has 0 amide bonds. The lowest BCUT2D eigenvalue weighted by Gasteiger charge is -1.97. The highest BCUT2D eigenvalue weighted by Gasteiger charge is 2.04. The van der Waals surface area contributed by atoms with Crippen LogP contribution in [0.4, 0.5) is 4.39 Å². The van der Waals surface area contributed by atoms with Gasteiger partial charge >= 0.3 is 0 Å². The van der Waals surface area contributed by atoms with Crippen molar-refractivity contribution in [3.63, 3.8) is 0 Å². The zero-order chi connectivity index (χ0) is 9.42. The van der Waals surface area contributed by atoms with Gasteiger partial charge in [0.1, 0.15) is 5.82 Å². The highest BCUT2D eigenvalue weighted by atomic mass is 19.1. The first-order valence-electron chi connectivity index (χ1n) is 4.45. The van der Waals surface area contributed by atoms with Crippen LogP contribution >= 0.6 is 0 Å². The number of H-pyrrole nitrogens is 1. The van der Waals surface area contributed by atoms with Crippen LogP contribution in [0.15, 0.2) is 24.3 Å². The maximum Gasteiger partial charge on any atom is 0.123 e. The molecule has 1 nitrogen and oxygen atoms in total. The Hall–Kier alpha value is -1.31. The second kappa shape index (κ2) is 2.87. The Balaban J connectivity index is 0.000000980. The van der Waals surface area contributed by atoms with Gasteiger partial charge in [0.25, 0.3) is 0 Å². The van der Waals surface area contributed by atoms with Gasteiger partial charge in [0.2, 0.25) is 0 Å². The molecule has 0 saturated carbocycles. The Morgan fingerprint density at radius 3 is 2.77 bits per heavy atom. The highest BCUT2D eigenvalue weighted by molar-refractivity contribution is 5.80. The first-order valence-corrected chi connectivity index (χ1v) is 4.45. The number of hydrogen-bond acceptors (Lipinski definition) is 0. The number of rotatable bonds is 1. The van der Waals surface area contributed by atoms with Crippen LogP contribution in [-0.4, -0.2) is 4.98 Å². The summed E-state index contributed by atoms with van der Waals surface area (Å²) in [6, 6.07) is 6.81. The third-order valence-electron chi connectivity index (χ3n) is 2.23. The van der Waals surface area contributed by atoms with E-state index in [4.69, 9.17) is 0 Å². The average molecular weight is 179 g/mol. The van der Waals surface area contributed by atoms with E-state index in [2.05, 4.69) is 18.8 Å². The Morgan fingerprint density at radius 1 is 1.31 bits per heavy atom. The van der Waals surface area contributed by atoms with E-state index >= 15 is 0 Å². The van der Waals surface area contributed by atoms with Crippen molar-refractivity contribution >= 4 is 10.9 Å². The second-order valence-corrected chi connectivity index (χ2v) is 3.61. The van der Waals surface area contributed by atoms with Gasteiger partial charge in [-0.15, -0.1) is 0 Å². The van der Waals surface area contributed by atoms with Crippen LogP contribution in [0, 0.1) is 5.82 Å². The lowest BCUT2D eigenvalue weighted by atomic mass is 10.1. The topological polar surface area (TPSA) is 15.8 Å². The van der Waals surface area contributed by atoms with Crippen molar-refractivity contribution in [1.82, 2.24) is 4.98 Å². The minimum Gasteiger partial charge on any atom is -0.358 e. The average Bonchev–Trinajstić information content (AvgIpc) is 2.46. The summed E-state index contributed by atoms with van der Waals surface area (Å²) in [5.74, 6) is 0.275. The van der Waals surface area contributed by atoms with Crippen molar-refractivity contribution in [2.24, 2.45) is 0 Å². The number of aromatic nitrogens is 1. The van der Waals surface area contributed by atoms with Gasteiger partial charge in [-0.25, -0.2) is 4.39 Å². The van der Waals surface area contributed by atoms with Crippen LogP contribution in [0.5, 0.6) is 0 Å². The van der Waals surface area contributed by atoms with E-state index < -0.39 is 0 Å². The molecule has 0 spiro atoms. The van der Waals surface area contributed by atoms with Gasteiger partial charge in [0, 0.05) is 18.0 Å². The van der Waals surface area contributed by atoms with Crippen LogP contribution < -0.4 is 0 Å². The van der Waals surface area contributed by atoms with E-state index in [0.717, 1.165) is 16.6 Å². The van der Waals surface area contributed by atoms with Crippen LogP contribution in [0.2, 0.25) is 0 Å². The van der Waals surface area contributed by atoms with Gasteiger partial charge in [0.15, 0.2) is 0 Å². The Morgan fingerprint density at radius 2 is 2.08 bits per heavy atom. The normalized spacial score (nSPS) is 11.4. The molecule has 0 aliphatic carbocycles. The third-order valence-corrected chi connectivity index (χ3v) is 2.23. The largest absolute Gasteiger partial charge is 0.358 e. The zero-order valence-electron chi connectivity index (χ0n) is 7.76. The lowest BCUT2D eigenvalue weighted by molar-refractivity contribution is 0.630. The minimum atomic E-state index is -0.179. The standard InChI is InChI=1S/C11H12FN.H2/c1-7(2)11-6-8-5-9(12)3-4-10(8)13-11;/h3-7,13H,1-2H3;1H. The van der Waals surface area contributed by atoms with E-state index in [9.17, 15) is 4.39 Å². The zero-order valence-corrected chi connectivity index (χ0v) is 7.76. The van der Waals surface area contributed by atoms with Crippen molar-refractivity contribution in [2.45, 2.75) is 19.8 Å². The molecule has 0 unspecified atom stereocenters. The SMILES string of the molecule is CC(C)c1cc2cc(F)ccc2[nH]1.[HH]. The predicted octanol–water partition coefficient (Wildman–Crippen LogP) is 3.68. The molecule has 0 radical (unpaired) electrons. The van der Waals surface area contributed by atoms with E-state index in [-0.39, 0.29) is 7.24 Å². The number of hydrogen-bond donors (Lipinski definition) is 1. The maximum atomic E-state index is 12.8. The summed E-state index contributed by atoms with van der Waals surface area (Å²) < 4.78 is 12.8. The molecule has 1 aromatic heterocycles. The van der Waals surface area contributed by atoms with Crippen LogP contribution in [-0.2, 0) is 0 Å². The molecule has 2 heteroatoms. The number of aromatic amines is 1. The monoisotopic (exact) mass is 179 g/mol. The van der Waals surface area contributed by atoms with E-state index in [1.54, 1.807) is 12.1 Å². The fraction of sp³-hybridized carbons (Fsp3) is 0.273. The number of fused-ring (bicyclic) bond motifs is 1. The molecule has 0 atom stereocenters. The quantitative estimate of drug-likeness (QED) is 0.687. The molecule has 1 aromatic carbocycles. The first-order chi connectivity index (χ1) is 6.16. The molecule has 70 valence electrons. The number of benzene rings is 1. The van der Waals surface area contributed by atoms with Crippen LogP contribution in [0.1, 0.15) is 26.9 Å². The van der Waals surface area contributed by atoms with Gasteiger partial charge in [-0.3, -0.25) is 0 Å². The van der Waals surface area contributed by atoms with E-state index in [1.807, 2.05) is 6.07 Å². The molecular formula is C11H14FN. The van der Waals surface area contributed by atoms with Crippen molar-refractivity contribution in [1.29, 1.82) is 0 Å². The number of halogens is 1. The van der Waals surface area contributed by atoms with Crippen LogP contribution in [0.25, 0.3) is 10.9 Å². The van der Waals surface area contributed by atoms with Gasteiger partial charge in [-0.1, -0.05) is 13.8 Å². The molecular weight excluding hydrogens is 165 g/mol.